The molecule has 0 spiro atoms. The molecule has 0 bridgehead atoms. The summed E-state index contributed by atoms with van der Waals surface area (Å²) < 4.78 is 0. The summed E-state index contributed by atoms with van der Waals surface area (Å²) in [7, 11) is 0. The highest BCUT2D eigenvalue weighted by Gasteiger charge is 2.24. The van der Waals surface area contributed by atoms with Crippen LogP contribution in [0.15, 0.2) is 48.8 Å². The lowest BCUT2D eigenvalue weighted by Crippen LogP contribution is -2.37. The third-order valence-corrected chi connectivity index (χ3v) is 5.21. The number of likely N-dealkylation sites (tertiary alicyclic amines) is 1. The first-order chi connectivity index (χ1) is 12.7. The van der Waals surface area contributed by atoms with Crippen molar-refractivity contribution >= 4 is 5.91 Å². The van der Waals surface area contributed by atoms with Crippen molar-refractivity contribution in [2.24, 2.45) is 0 Å². The maximum absolute atomic E-state index is 12.3. The van der Waals surface area contributed by atoms with Gasteiger partial charge in [0.25, 0.3) is 0 Å². The van der Waals surface area contributed by atoms with Gasteiger partial charge in [0.2, 0.25) is 5.91 Å². The predicted octanol–water partition coefficient (Wildman–Crippen LogP) is 3.67. The molecule has 4 nitrogen and oxygen atoms in total. The van der Waals surface area contributed by atoms with Crippen LogP contribution in [0.25, 0.3) is 0 Å². The van der Waals surface area contributed by atoms with E-state index in [1.165, 1.54) is 29.5 Å². The highest BCUT2D eigenvalue weighted by atomic mass is 16.1. The van der Waals surface area contributed by atoms with Crippen LogP contribution in [0, 0.1) is 6.92 Å². The summed E-state index contributed by atoms with van der Waals surface area (Å²) in [4.78, 5) is 19.0. The Morgan fingerprint density at radius 3 is 2.73 bits per heavy atom. The van der Waals surface area contributed by atoms with Crippen LogP contribution in [0.5, 0.6) is 0 Å². The lowest BCUT2D eigenvalue weighted by molar-refractivity contribution is -0.121. The van der Waals surface area contributed by atoms with E-state index < -0.39 is 0 Å². The Labute approximate surface area is 156 Å². The van der Waals surface area contributed by atoms with Crippen LogP contribution in [0.4, 0.5) is 0 Å². The van der Waals surface area contributed by atoms with Crippen molar-refractivity contribution in [2.45, 2.75) is 45.1 Å². The minimum absolute atomic E-state index is 0.145. The maximum Gasteiger partial charge on any atom is 0.220 e. The molecule has 0 radical (unpaired) electrons. The number of benzene rings is 1. The van der Waals surface area contributed by atoms with Crippen molar-refractivity contribution in [1.29, 1.82) is 0 Å². The highest BCUT2D eigenvalue weighted by Crippen LogP contribution is 2.26. The van der Waals surface area contributed by atoms with Gasteiger partial charge in [0.1, 0.15) is 0 Å². The van der Waals surface area contributed by atoms with Gasteiger partial charge in [-0.1, -0.05) is 30.3 Å². The molecule has 1 aromatic heterocycles. The third-order valence-electron chi connectivity index (χ3n) is 5.21. The molecular formula is C22H29N3O. The van der Waals surface area contributed by atoms with Gasteiger partial charge in [0, 0.05) is 25.4 Å². The number of nitrogens with zero attached hydrogens (tertiary/aromatic N) is 2. The molecule has 1 aliphatic heterocycles. The van der Waals surface area contributed by atoms with Crippen LogP contribution in [0.2, 0.25) is 0 Å². The van der Waals surface area contributed by atoms with Crippen molar-refractivity contribution in [3.05, 3.63) is 65.5 Å². The van der Waals surface area contributed by atoms with E-state index in [0.29, 0.717) is 13.0 Å². The lowest BCUT2D eigenvalue weighted by Gasteiger charge is -2.29. The van der Waals surface area contributed by atoms with Crippen molar-refractivity contribution in [3.63, 3.8) is 0 Å². The normalized spacial score (nSPS) is 15.7. The number of rotatable bonds is 8. The molecule has 1 amide bonds. The van der Waals surface area contributed by atoms with E-state index in [0.717, 1.165) is 25.9 Å². The number of aryl methyl sites for hydroxylation is 2. The number of amides is 1. The number of pyridine rings is 1. The Morgan fingerprint density at radius 1 is 1.19 bits per heavy atom. The van der Waals surface area contributed by atoms with E-state index >= 15 is 0 Å². The van der Waals surface area contributed by atoms with Crippen LogP contribution in [0.1, 0.15) is 48.4 Å². The fourth-order valence-corrected chi connectivity index (χ4v) is 3.75. The summed E-state index contributed by atoms with van der Waals surface area (Å²) in [5.41, 5.74) is 3.83. The van der Waals surface area contributed by atoms with Crippen molar-refractivity contribution < 1.29 is 4.79 Å². The monoisotopic (exact) mass is 351 g/mol. The Bertz CT molecular complexity index is 696. The van der Waals surface area contributed by atoms with Gasteiger partial charge in [-0.3, -0.25) is 14.7 Å². The fraction of sp³-hybridized carbons (Fsp3) is 0.455. The van der Waals surface area contributed by atoms with Gasteiger partial charge in [-0.25, -0.2) is 0 Å². The smallest absolute Gasteiger partial charge is 0.220 e. The van der Waals surface area contributed by atoms with Crippen LogP contribution < -0.4 is 5.32 Å². The van der Waals surface area contributed by atoms with E-state index in [1.54, 1.807) is 6.20 Å². The summed E-state index contributed by atoms with van der Waals surface area (Å²) in [5, 5.41) is 3.18. The first kappa shape index (κ1) is 18.6. The largest absolute Gasteiger partial charge is 0.354 e. The molecule has 1 atom stereocenters. The standard InChI is InChI=1S/C22H29N3O/c1-18-8-2-3-11-20(18)21(25-14-4-5-15-25)17-24-22(26)12-6-9-19-10-7-13-23-16-19/h2-3,7-8,10-11,13,16,21H,4-6,9,12,14-15,17H2,1H3,(H,24,26). The molecule has 1 unspecified atom stereocenters. The molecule has 0 aliphatic carbocycles. The van der Waals surface area contributed by atoms with Gasteiger partial charge < -0.3 is 5.32 Å². The number of hydrogen-bond donors (Lipinski definition) is 1. The SMILES string of the molecule is Cc1ccccc1C(CNC(=O)CCCc1cccnc1)N1CCCC1. The molecule has 26 heavy (non-hydrogen) atoms. The second-order valence-electron chi connectivity index (χ2n) is 7.13. The molecular weight excluding hydrogens is 322 g/mol. The zero-order chi connectivity index (χ0) is 18.2. The van der Waals surface area contributed by atoms with Crippen molar-refractivity contribution in [2.75, 3.05) is 19.6 Å². The number of carbonyl (C=O) groups is 1. The molecule has 4 heteroatoms. The van der Waals surface area contributed by atoms with Crippen LogP contribution in [-0.2, 0) is 11.2 Å². The Balaban J connectivity index is 1.52. The first-order valence-electron chi connectivity index (χ1n) is 9.69. The van der Waals surface area contributed by atoms with E-state index in [1.807, 2.05) is 12.3 Å². The molecule has 1 N–H and O–H groups in total. The Morgan fingerprint density at radius 2 is 2.00 bits per heavy atom. The van der Waals surface area contributed by atoms with Crippen molar-refractivity contribution in [1.82, 2.24) is 15.2 Å². The summed E-state index contributed by atoms with van der Waals surface area (Å²) in [6.45, 7) is 5.09. The third kappa shape index (κ3) is 5.15. The fourth-order valence-electron chi connectivity index (χ4n) is 3.75. The molecule has 2 aromatic rings. The van der Waals surface area contributed by atoms with Gasteiger partial charge >= 0.3 is 0 Å². The number of nitrogens with one attached hydrogen (secondary N) is 1. The second-order valence-corrected chi connectivity index (χ2v) is 7.13. The lowest BCUT2D eigenvalue weighted by atomic mass is 10.00. The molecule has 1 saturated heterocycles. The molecule has 138 valence electrons. The summed E-state index contributed by atoms with van der Waals surface area (Å²) in [6, 6.07) is 12.8. The molecule has 2 heterocycles. The molecule has 1 fully saturated rings. The van der Waals surface area contributed by atoms with E-state index in [9.17, 15) is 4.79 Å². The molecule has 1 aromatic carbocycles. The molecule has 1 aliphatic rings. The number of carbonyl (C=O) groups excluding carboxylic acids is 1. The van der Waals surface area contributed by atoms with Gasteiger partial charge in [-0.15, -0.1) is 0 Å². The van der Waals surface area contributed by atoms with Crippen LogP contribution in [-0.4, -0.2) is 35.4 Å². The van der Waals surface area contributed by atoms with Gasteiger partial charge in [-0.05, 0) is 68.5 Å². The zero-order valence-corrected chi connectivity index (χ0v) is 15.7. The average Bonchev–Trinajstić information content (AvgIpc) is 3.19. The van der Waals surface area contributed by atoms with Gasteiger partial charge in [-0.2, -0.15) is 0 Å². The number of aromatic nitrogens is 1. The first-order valence-corrected chi connectivity index (χ1v) is 9.69. The maximum atomic E-state index is 12.3. The zero-order valence-electron chi connectivity index (χ0n) is 15.7. The van der Waals surface area contributed by atoms with Gasteiger partial charge in [0.05, 0.1) is 6.04 Å². The van der Waals surface area contributed by atoms with Crippen LogP contribution >= 0.6 is 0 Å². The molecule has 0 saturated carbocycles. The topological polar surface area (TPSA) is 45.2 Å². The highest BCUT2D eigenvalue weighted by molar-refractivity contribution is 5.75. The Hall–Kier alpha value is -2.20. The van der Waals surface area contributed by atoms with E-state index in [4.69, 9.17) is 0 Å². The minimum atomic E-state index is 0.145. The average molecular weight is 351 g/mol. The Kier molecular flexibility index (Phi) is 6.78. The quantitative estimate of drug-likeness (QED) is 0.789. The van der Waals surface area contributed by atoms with Crippen molar-refractivity contribution in [3.8, 4) is 0 Å². The second kappa shape index (κ2) is 9.48. The minimum Gasteiger partial charge on any atom is -0.354 e. The van der Waals surface area contributed by atoms with Gasteiger partial charge in [0.15, 0.2) is 0 Å². The van der Waals surface area contributed by atoms with E-state index in [-0.39, 0.29) is 11.9 Å². The number of hydrogen-bond acceptors (Lipinski definition) is 3. The molecule has 3 rings (SSSR count). The van der Waals surface area contributed by atoms with Crippen LogP contribution in [0.3, 0.4) is 0 Å². The summed E-state index contributed by atoms with van der Waals surface area (Å²) in [5.74, 6) is 0.145. The van der Waals surface area contributed by atoms with E-state index in [2.05, 4.69) is 52.5 Å². The predicted molar refractivity (Wildman–Crippen MR) is 105 cm³/mol. The summed E-state index contributed by atoms with van der Waals surface area (Å²) in [6.07, 6.45) is 8.48. The summed E-state index contributed by atoms with van der Waals surface area (Å²) >= 11 is 0.